The van der Waals surface area contributed by atoms with Crippen molar-refractivity contribution >= 4 is 6.08 Å². The zero-order valence-corrected chi connectivity index (χ0v) is 14.1. The van der Waals surface area contributed by atoms with Crippen molar-refractivity contribution in [3.63, 3.8) is 0 Å². The minimum absolute atomic E-state index is 0.0946. The minimum Gasteiger partial charge on any atom is -0.501 e. The number of hydrogen-bond acceptors (Lipinski definition) is 6. The highest BCUT2D eigenvalue weighted by molar-refractivity contribution is 5.74. The van der Waals surface area contributed by atoms with Crippen molar-refractivity contribution < 1.29 is 23.3 Å². The van der Waals surface area contributed by atoms with Crippen LogP contribution in [0.3, 0.4) is 0 Å². The van der Waals surface area contributed by atoms with E-state index in [2.05, 4.69) is 9.97 Å². The fourth-order valence-electron chi connectivity index (χ4n) is 2.59. The van der Waals surface area contributed by atoms with Crippen LogP contribution in [0.15, 0.2) is 30.8 Å². The Morgan fingerprint density at radius 3 is 2.64 bits per heavy atom. The quantitative estimate of drug-likeness (QED) is 0.748. The first-order chi connectivity index (χ1) is 12.3. The standard InChI is InChI=1S/C18H19FN2O4/c1-3-23-9-6-13-16(19)15(18-24-10-11-25-18)14(17(21-13)22-2)12-4-7-20-8-5-12/h4-9,18H,3,10-11H2,1-2H3/b9-6+. The van der Waals surface area contributed by atoms with Gasteiger partial charge in [-0.2, -0.15) is 0 Å². The SMILES string of the molecule is CCO/C=C/c1nc(OC)c(-c2ccncc2)c(C2OCCO2)c1F. The first-order valence-corrected chi connectivity index (χ1v) is 7.95. The highest BCUT2D eigenvalue weighted by Crippen LogP contribution is 2.40. The van der Waals surface area contributed by atoms with E-state index in [1.165, 1.54) is 19.4 Å². The molecule has 132 valence electrons. The summed E-state index contributed by atoms with van der Waals surface area (Å²) in [7, 11) is 1.49. The first-order valence-electron chi connectivity index (χ1n) is 7.95. The lowest BCUT2D eigenvalue weighted by Gasteiger charge is -2.19. The number of rotatable bonds is 6. The molecule has 6 nitrogen and oxygen atoms in total. The Morgan fingerprint density at radius 1 is 1.28 bits per heavy atom. The van der Waals surface area contributed by atoms with Gasteiger partial charge in [0.05, 0.1) is 44.3 Å². The van der Waals surface area contributed by atoms with Crippen LogP contribution in [-0.4, -0.2) is 36.9 Å². The lowest BCUT2D eigenvalue weighted by atomic mass is 10.00. The Bertz CT molecular complexity index is 746. The second kappa shape index (κ2) is 8.04. The highest BCUT2D eigenvalue weighted by atomic mass is 19.1. The molecule has 0 atom stereocenters. The number of hydrogen-bond donors (Lipinski definition) is 0. The molecule has 25 heavy (non-hydrogen) atoms. The molecule has 1 aliphatic heterocycles. The van der Waals surface area contributed by atoms with E-state index in [0.29, 0.717) is 30.9 Å². The number of ether oxygens (including phenoxy) is 4. The maximum absolute atomic E-state index is 15.2. The van der Waals surface area contributed by atoms with Gasteiger partial charge in [0.25, 0.3) is 0 Å². The average Bonchev–Trinajstić information content (AvgIpc) is 3.17. The Hall–Kier alpha value is -2.51. The molecule has 0 N–H and O–H groups in total. The van der Waals surface area contributed by atoms with Crippen LogP contribution in [0.2, 0.25) is 0 Å². The molecule has 0 radical (unpaired) electrons. The van der Waals surface area contributed by atoms with Gasteiger partial charge in [0, 0.05) is 18.5 Å². The third kappa shape index (κ3) is 3.62. The van der Waals surface area contributed by atoms with Gasteiger partial charge in [-0.1, -0.05) is 0 Å². The molecule has 3 heterocycles. The van der Waals surface area contributed by atoms with E-state index in [1.807, 2.05) is 6.92 Å². The van der Waals surface area contributed by atoms with Crippen LogP contribution in [0.1, 0.15) is 24.5 Å². The van der Waals surface area contributed by atoms with E-state index in [0.717, 1.165) is 0 Å². The largest absolute Gasteiger partial charge is 0.501 e. The second-order valence-corrected chi connectivity index (χ2v) is 5.18. The molecule has 2 aromatic heterocycles. The van der Waals surface area contributed by atoms with E-state index in [4.69, 9.17) is 18.9 Å². The smallest absolute Gasteiger partial charge is 0.222 e. The van der Waals surface area contributed by atoms with Gasteiger partial charge in [-0.25, -0.2) is 9.37 Å². The molecule has 1 aliphatic rings. The van der Waals surface area contributed by atoms with Crippen LogP contribution in [-0.2, 0) is 14.2 Å². The molecular formula is C18H19FN2O4. The number of pyridine rings is 2. The molecular weight excluding hydrogens is 327 g/mol. The van der Waals surface area contributed by atoms with Gasteiger partial charge >= 0.3 is 0 Å². The molecule has 0 bridgehead atoms. The van der Waals surface area contributed by atoms with Crippen molar-refractivity contribution in [1.29, 1.82) is 0 Å². The van der Waals surface area contributed by atoms with Gasteiger partial charge in [0.15, 0.2) is 12.1 Å². The lowest BCUT2D eigenvalue weighted by Crippen LogP contribution is -2.09. The third-order valence-corrected chi connectivity index (χ3v) is 3.68. The summed E-state index contributed by atoms with van der Waals surface area (Å²) < 4.78 is 36.9. The van der Waals surface area contributed by atoms with E-state index >= 15 is 4.39 Å². The van der Waals surface area contributed by atoms with Crippen molar-refractivity contribution in [2.24, 2.45) is 0 Å². The fraction of sp³-hybridized carbons (Fsp3) is 0.333. The van der Waals surface area contributed by atoms with Gasteiger partial charge in [0.2, 0.25) is 5.88 Å². The topological polar surface area (TPSA) is 62.7 Å². The molecule has 1 saturated heterocycles. The van der Waals surface area contributed by atoms with Crippen LogP contribution in [0, 0.1) is 5.82 Å². The molecule has 0 aliphatic carbocycles. The summed E-state index contributed by atoms with van der Waals surface area (Å²) in [5.41, 5.74) is 1.56. The summed E-state index contributed by atoms with van der Waals surface area (Å²) in [6, 6.07) is 3.51. The summed E-state index contributed by atoms with van der Waals surface area (Å²) in [6.45, 7) is 3.11. The average molecular weight is 346 g/mol. The number of halogens is 1. The maximum Gasteiger partial charge on any atom is 0.222 e. The summed E-state index contributed by atoms with van der Waals surface area (Å²) in [5.74, 6) is -0.256. The molecule has 3 rings (SSSR count). The Kier molecular flexibility index (Phi) is 5.57. The number of methoxy groups -OCH3 is 1. The summed E-state index contributed by atoms with van der Waals surface area (Å²) in [6.07, 6.45) is 5.28. The molecule has 7 heteroatoms. The number of aromatic nitrogens is 2. The summed E-state index contributed by atoms with van der Waals surface area (Å²) in [4.78, 5) is 8.27. The Balaban J connectivity index is 2.20. The Morgan fingerprint density at radius 2 is 2.00 bits per heavy atom. The molecule has 2 aromatic rings. The zero-order valence-electron chi connectivity index (χ0n) is 14.1. The zero-order chi connectivity index (χ0) is 17.6. The minimum atomic E-state index is -0.820. The molecule has 1 fully saturated rings. The Labute approximate surface area is 145 Å². The van der Waals surface area contributed by atoms with Crippen LogP contribution in [0.5, 0.6) is 5.88 Å². The summed E-state index contributed by atoms with van der Waals surface area (Å²) >= 11 is 0. The van der Waals surface area contributed by atoms with Crippen LogP contribution < -0.4 is 4.74 Å². The molecule has 0 aromatic carbocycles. The van der Waals surface area contributed by atoms with Gasteiger partial charge in [0.1, 0.15) is 5.69 Å². The second-order valence-electron chi connectivity index (χ2n) is 5.18. The van der Waals surface area contributed by atoms with E-state index < -0.39 is 12.1 Å². The monoisotopic (exact) mass is 346 g/mol. The lowest BCUT2D eigenvalue weighted by molar-refractivity contribution is -0.0462. The predicted octanol–water partition coefficient (Wildman–Crippen LogP) is 3.34. The molecule has 0 saturated carbocycles. The van der Waals surface area contributed by atoms with E-state index in [-0.39, 0.29) is 17.1 Å². The normalized spacial score (nSPS) is 15.0. The van der Waals surface area contributed by atoms with Crippen LogP contribution in [0.25, 0.3) is 17.2 Å². The van der Waals surface area contributed by atoms with E-state index in [1.54, 1.807) is 24.5 Å². The van der Waals surface area contributed by atoms with E-state index in [9.17, 15) is 0 Å². The van der Waals surface area contributed by atoms with Gasteiger partial charge in [-0.05, 0) is 24.6 Å². The van der Waals surface area contributed by atoms with Crippen molar-refractivity contribution in [3.05, 3.63) is 47.9 Å². The van der Waals surface area contributed by atoms with Crippen LogP contribution in [0.4, 0.5) is 4.39 Å². The van der Waals surface area contributed by atoms with Crippen molar-refractivity contribution in [3.8, 4) is 17.0 Å². The fourth-order valence-corrected chi connectivity index (χ4v) is 2.59. The summed E-state index contributed by atoms with van der Waals surface area (Å²) in [5, 5.41) is 0. The first kappa shape index (κ1) is 17.3. The van der Waals surface area contributed by atoms with Crippen molar-refractivity contribution in [2.75, 3.05) is 26.9 Å². The predicted molar refractivity (Wildman–Crippen MR) is 89.3 cm³/mol. The molecule has 0 amide bonds. The van der Waals surface area contributed by atoms with Crippen LogP contribution >= 0.6 is 0 Å². The molecule has 0 unspecified atom stereocenters. The highest BCUT2D eigenvalue weighted by Gasteiger charge is 2.30. The van der Waals surface area contributed by atoms with Gasteiger partial charge in [-0.3, -0.25) is 4.98 Å². The van der Waals surface area contributed by atoms with Crippen molar-refractivity contribution in [2.45, 2.75) is 13.2 Å². The van der Waals surface area contributed by atoms with Gasteiger partial charge < -0.3 is 18.9 Å². The van der Waals surface area contributed by atoms with Crippen molar-refractivity contribution in [1.82, 2.24) is 9.97 Å². The number of nitrogens with zero attached hydrogens (tertiary/aromatic N) is 2. The van der Waals surface area contributed by atoms with Gasteiger partial charge in [-0.15, -0.1) is 0 Å². The maximum atomic E-state index is 15.2. The molecule has 0 spiro atoms. The third-order valence-electron chi connectivity index (χ3n) is 3.68.